The van der Waals surface area contributed by atoms with Crippen molar-refractivity contribution in [3.05, 3.63) is 48.0 Å². The van der Waals surface area contributed by atoms with E-state index < -0.39 is 0 Å². The molecule has 4 nitrogen and oxygen atoms in total. The first-order chi connectivity index (χ1) is 12.5. The van der Waals surface area contributed by atoms with Crippen LogP contribution in [0.3, 0.4) is 0 Å². The van der Waals surface area contributed by atoms with Crippen molar-refractivity contribution in [3.63, 3.8) is 0 Å². The second kappa shape index (κ2) is 8.06. The van der Waals surface area contributed by atoms with Crippen LogP contribution in [0.25, 0.3) is 21.8 Å². The van der Waals surface area contributed by atoms with E-state index in [1.165, 1.54) is 32.3 Å². The van der Waals surface area contributed by atoms with Crippen molar-refractivity contribution in [1.82, 2.24) is 14.8 Å². The maximum Gasteiger partial charge on any atom is 0.169 e. The van der Waals surface area contributed by atoms with E-state index in [9.17, 15) is 0 Å². The molecule has 0 atom stereocenters. The molecule has 1 heterocycles. The van der Waals surface area contributed by atoms with E-state index in [0.717, 1.165) is 31.3 Å². The molecule has 1 aromatic heterocycles. The summed E-state index contributed by atoms with van der Waals surface area (Å²) in [6.07, 6.45) is 0. The maximum atomic E-state index is 5.53. The van der Waals surface area contributed by atoms with Crippen LogP contribution in [0, 0.1) is 0 Å². The zero-order valence-electron chi connectivity index (χ0n) is 16.2. The lowest BCUT2D eigenvalue weighted by atomic mass is 10.1. The Balaban J connectivity index is 1.81. The zero-order valence-corrected chi connectivity index (χ0v) is 17.0. The van der Waals surface area contributed by atoms with Crippen LogP contribution < -0.4 is 10.2 Å². The smallest absolute Gasteiger partial charge is 0.169 e. The number of fused-ring (bicyclic) bond motifs is 3. The molecule has 2 aromatic carbocycles. The van der Waals surface area contributed by atoms with E-state index in [-0.39, 0.29) is 0 Å². The first kappa shape index (κ1) is 18.7. The normalized spacial score (nSPS) is 11.4. The number of thiocarbonyl (C=S) groups is 1. The van der Waals surface area contributed by atoms with E-state index in [1.807, 2.05) is 0 Å². The van der Waals surface area contributed by atoms with Gasteiger partial charge in [-0.25, -0.2) is 0 Å². The van der Waals surface area contributed by atoms with Gasteiger partial charge in [0.05, 0.1) is 27.2 Å². The maximum absolute atomic E-state index is 5.53. The summed E-state index contributed by atoms with van der Waals surface area (Å²) < 4.78 is 2.38. The van der Waals surface area contributed by atoms with Crippen molar-refractivity contribution in [2.45, 2.75) is 20.0 Å². The predicted molar refractivity (Wildman–Crippen MR) is 115 cm³/mol. The van der Waals surface area contributed by atoms with Crippen molar-refractivity contribution < 1.29 is 4.90 Å². The molecule has 26 heavy (non-hydrogen) atoms. The highest BCUT2D eigenvalue weighted by molar-refractivity contribution is 7.80. The van der Waals surface area contributed by atoms with Crippen LogP contribution in [0.15, 0.2) is 42.5 Å². The topological polar surface area (TPSA) is 24.6 Å². The lowest BCUT2D eigenvalue weighted by molar-refractivity contribution is -0.856. The Hall–Kier alpha value is -2.11. The fourth-order valence-electron chi connectivity index (χ4n) is 3.44. The Labute approximate surface area is 161 Å². The van der Waals surface area contributed by atoms with Gasteiger partial charge in [0.1, 0.15) is 0 Å². The molecule has 138 valence electrons. The summed E-state index contributed by atoms with van der Waals surface area (Å²) in [6, 6.07) is 15.4. The van der Waals surface area contributed by atoms with Crippen molar-refractivity contribution in [1.29, 1.82) is 0 Å². The molecule has 2 N–H and O–H groups in total. The molecule has 0 aliphatic heterocycles. The van der Waals surface area contributed by atoms with Gasteiger partial charge >= 0.3 is 0 Å². The van der Waals surface area contributed by atoms with Crippen molar-refractivity contribution in [3.8, 4) is 0 Å². The third-order valence-corrected chi connectivity index (χ3v) is 5.28. The molecule has 0 aliphatic carbocycles. The Bertz CT molecular complexity index is 913. The van der Waals surface area contributed by atoms with Gasteiger partial charge in [0.2, 0.25) is 0 Å². The number of hydrogen-bond donors (Lipinski definition) is 2. The summed E-state index contributed by atoms with van der Waals surface area (Å²) in [5.74, 6) is 0. The number of nitrogens with one attached hydrogen (secondary N) is 2. The fraction of sp³-hybridized carbons (Fsp3) is 0.381. The van der Waals surface area contributed by atoms with Crippen LogP contribution in [0.1, 0.15) is 12.5 Å². The average Bonchev–Trinajstić information content (AvgIpc) is 2.94. The number of aryl methyl sites for hydroxylation is 1. The number of likely N-dealkylation sites (N-methyl/N-ethyl adjacent to an activating group) is 1. The van der Waals surface area contributed by atoms with Crippen molar-refractivity contribution in [2.24, 2.45) is 0 Å². The molecule has 3 rings (SSSR count). The first-order valence-corrected chi connectivity index (χ1v) is 9.70. The summed E-state index contributed by atoms with van der Waals surface area (Å²) in [5.41, 5.74) is 3.88. The number of nitrogens with zero attached hydrogens (tertiary/aromatic N) is 2. The molecule has 0 aliphatic rings. The highest BCUT2D eigenvalue weighted by Crippen LogP contribution is 2.29. The number of quaternary nitrogens is 1. The number of benzene rings is 2. The van der Waals surface area contributed by atoms with Crippen LogP contribution in [0.5, 0.6) is 0 Å². The number of hydrogen-bond acceptors (Lipinski definition) is 1. The van der Waals surface area contributed by atoms with Crippen LogP contribution in [0.2, 0.25) is 0 Å². The minimum Gasteiger partial charge on any atom is -0.357 e. The summed E-state index contributed by atoms with van der Waals surface area (Å²) >= 11 is 5.53. The minimum atomic E-state index is 0.808. The minimum absolute atomic E-state index is 0.808. The lowest BCUT2D eigenvalue weighted by Gasteiger charge is -2.21. The van der Waals surface area contributed by atoms with Gasteiger partial charge < -0.3 is 19.7 Å². The standard InChI is InChI=1S/C21H28N4S/c1-5-25-19-9-7-6-8-17(19)18-14-16(10-11-20(18)25)15-24(4)21(26)22-12-13-23(2)3/h6-11,14H,5,12-13,15H2,1-4H3,(H,22,26)/p+1. The Kier molecular flexibility index (Phi) is 5.79. The quantitative estimate of drug-likeness (QED) is 0.652. The Morgan fingerprint density at radius 2 is 1.85 bits per heavy atom. The average molecular weight is 370 g/mol. The Morgan fingerprint density at radius 3 is 2.58 bits per heavy atom. The second-order valence-electron chi connectivity index (χ2n) is 7.16. The molecule has 0 saturated heterocycles. The van der Waals surface area contributed by atoms with Gasteiger partial charge in [-0.3, -0.25) is 0 Å². The monoisotopic (exact) mass is 369 g/mol. The van der Waals surface area contributed by atoms with E-state index in [0.29, 0.717) is 0 Å². The third kappa shape index (κ3) is 3.84. The van der Waals surface area contributed by atoms with E-state index in [2.05, 4.69) is 85.3 Å². The molecular formula is C21H29N4S+. The highest BCUT2D eigenvalue weighted by Gasteiger charge is 2.11. The third-order valence-electron chi connectivity index (χ3n) is 4.82. The summed E-state index contributed by atoms with van der Waals surface area (Å²) in [4.78, 5) is 3.53. The molecule has 0 unspecified atom stereocenters. The summed E-state index contributed by atoms with van der Waals surface area (Å²) in [5, 5.41) is 6.80. The SMILES string of the molecule is CCn1c2ccccc2c2cc(CN(C)C(=S)NCC[NH+](C)C)ccc21. The van der Waals surface area contributed by atoms with Crippen LogP contribution in [-0.2, 0) is 13.1 Å². The molecule has 0 radical (unpaired) electrons. The number of aromatic nitrogens is 1. The molecular weight excluding hydrogens is 340 g/mol. The predicted octanol–water partition coefficient (Wildman–Crippen LogP) is 2.27. The van der Waals surface area contributed by atoms with Gasteiger partial charge in [-0.15, -0.1) is 0 Å². The summed E-state index contributed by atoms with van der Waals surface area (Å²) in [7, 11) is 6.35. The molecule has 5 heteroatoms. The molecule has 3 aromatic rings. The fourth-order valence-corrected chi connectivity index (χ4v) is 3.61. The second-order valence-corrected chi connectivity index (χ2v) is 7.54. The summed E-state index contributed by atoms with van der Waals surface area (Å²) in [6.45, 7) is 5.94. The molecule has 0 spiro atoms. The first-order valence-electron chi connectivity index (χ1n) is 9.29. The van der Waals surface area contributed by atoms with Gasteiger partial charge in [-0.1, -0.05) is 24.3 Å². The van der Waals surface area contributed by atoms with E-state index >= 15 is 0 Å². The van der Waals surface area contributed by atoms with Gasteiger partial charge in [0.25, 0.3) is 0 Å². The molecule has 0 bridgehead atoms. The van der Waals surface area contributed by atoms with Gasteiger partial charge in [0, 0.05) is 41.9 Å². The number of rotatable bonds is 6. The van der Waals surface area contributed by atoms with E-state index in [4.69, 9.17) is 12.2 Å². The molecule has 0 amide bonds. The highest BCUT2D eigenvalue weighted by atomic mass is 32.1. The largest absolute Gasteiger partial charge is 0.357 e. The lowest BCUT2D eigenvalue weighted by Crippen LogP contribution is -3.06. The van der Waals surface area contributed by atoms with Crippen LogP contribution in [-0.4, -0.2) is 48.8 Å². The molecule has 0 fully saturated rings. The van der Waals surface area contributed by atoms with Crippen LogP contribution >= 0.6 is 12.2 Å². The Morgan fingerprint density at radius 1 is 1.12 bits per heavy atom. The van der Waals surface area contributed by atoms with Gasteiger partial charge in [-0.2, -0.15) is 0 Å². The van der Waals surface area contributed by atoms with Crippen molar-refractivity contribution in [2.75, 3.05) is 34.2 Å². The zero-order chi connectivity index (χ0) is 18.7. The van der Waals surface area contributed by atoms with Crippen molar-refractivity contribution >= 4 is 39.1 Å². The number of para-hydroxylation sites is 1. The van der Waals surface area contributed by atoms with Gasteiger partial charge in [0.15, 0.2) is 5.11 Å². The van der Waals surface area contributed by atoms with Crippen LogP contribution in [0.4, 0.5) is 0 Å². The van der Waals surface area contributed by atoms with Gasteiger partial charge in [-0.05, 0) is 42.9 Å². The molecule has 0 saturated carbocycles. The van der Waals surface area contributed by atoms with E-state index in [1.54, 1.807) is 0 Å².